The second-order valence-electron chi connectivity index (χ2n) is 9.19. The third-order valence-electron chi connectivity index (χ3n) is 6.13. The van der Waals surface area contributed by atoms with Gasteiger partial charge in [0.1, 0.15) is 5.28 Å². The molecule has 2 atom stereocenters. The lowest BCUT2D eigenvalue weighted by Gasteiger charge is -2.49. The molecule has 182 valence electrons. The lowest BCUT2D eigenvalue weighted by atomic mass is 9.83. The number of halogens is 1. The minimum absolute atomic E-state index is 0.313. The van der Waals surface area contributed by atoms with Gasteiger partial charge in [0.2, 0.25) is 0 Å². The van der Waals surface area contributed by atoms with Gasteiger partial charge in [-0.2, -0.15) is 0 Å². The summed E-state index contributed by atoms with van der Waals surface area (Å²) >= 11 is 11.9. The summed E-state index contributed by atoms with van der Waals surface area (Å²) in [6, 6.07) is 7.53. The molecule has 1 N–H and O–H groups in total. The molecule has 1 heterocycles. The van der Waals surface area contributed by atoms with Crippen molar-refractivity contribution in [2.75, 3.05) is 19.8 Å². The van der Waals surface area contributed by atoms with Gasteiger partial charge in [-0.15, -0.1) is 0 Å². The summed E-state index contributed by atoms with van der Waals surface area (Å²) < 4.78 is 39.1. The molecule has 0 aromatic heterocycles. The second-order valence-corrected chi connectivity index (χ2v) is 15.1. The number of rotatable bonds is 8. The molecule has 10 heteroatoms. The van der Waals surface area contributed by atoms with Crippen LogP contribution < -0.4 is 5.09 Å². The molecule has 1 aromatic carbocycles. The van der Waals surface area contributed by atoms with Crippen LogP contribution in [0.3, 0.4) is 0 Å². The zero-order valence-electron chi connectivity index (χ0n) is 19.5. The Bertz CT molecular complexity index is 848. The molecular weight excluding hydrogens is 488 g/mol. The Labute approximate surface area is 202 Å². The molecule has 1 aliphatic carbocycles. The summed E-state index contributed by atoms with van der Waals surface area (Å²) in [5, 5.41) is 3.16. The molecule has 1 saturated heterocycles. The van der Waals surface area contributed by atoms with Crippen molar-refractivity contribution in [3.05, 3.63) is 34.9 Å². The van der Waals surface area contributed by atoms with Gasteiger partial charge in [-0.25, -0.2) is 5.09 Å². The van der Waals surface area contributed by atoms with E-state index < -0.39 is 25.6 Å². The van der Waals surface area contributed by atoms with Crippen LogP contribution in [-0.4, -0.2) is 25.1 Å². The summed E-state index contributed by atoms with van der Waals surface area (Å²) in [4.78, 5) is 0. The fourth-order valence-corrected chi connectivity index (χ4v) is 11.0. The van der Waals surface area contributed by atoms with Crippen molar-refractivity contribution >= 4 is 37.6 Å². The van der Waals surface area contributed by atoms with E-state index in [4.69, 9.17) is 41.5 Å². The molecule has 6 nitrogen and oxygen atoms in total. The van der Waals surface area contributed by atoms with Gasteiger partial charge in [0.25, 0.3) is 6.64 Å². The van der Waals surface area contributed by atoms with Crippen LogP contribution in [-0.2, 0) is 34.5 Å². The number of benzene rings is 1. The molecule has 3 rings (SSSR count). The van der Waals surface area contributed by atoms with E-state index in [0.717, 1.165) is 31.2 Å². The third kappa shape index (κ3) is 5.87. The monoisotopic (exact) mass is 523 g/mol. The largest absolute Gasteiger partial charge is 0.351 e. The van der Waals surface area contributed by atoms with E-state index in [1.54, 1.807) is 0 Å². The molecule has 1 aromatic rings. The molecule has 1 unspecified atom stereocenters. The van der Waals surface area contributed by atoms with Crippen molar-refractivity contribution in [3.63, 3.8) is 0 Å². The maximum atomic E-state index is 14.6. The van der Waals surface area contributed by atoms with Gasteiger partial charge in [-0.3, -0.25) is 9.09 Å². The van der Waals surface area contributed by atoms with Crippen LogP contribution in [0, 0.1) is 5.41 Å². The lowest BCUT2D eigenvalue weighted by Crippen LogP contribution is -2.47. The first-order chi connectivity index (χ1) is 15.1. The topological polar surface area (TPSA) is 66.0 Å². The van der Waals surface area contributed by atoms with E-state index in [0.29, 0.717) is 37.7 Å². The normalized spacial score (nSPS) is 28.2. The molecular formula is C22H36ClNO5P2S. The van der Waals surface area contributed by atoms with Gasteiger partial charge in [-0.1, -0.05) is 63.3 Å². The van der Waals surface area contributed by atoms with Crippen LogP contribution in [0.4, 0.5) is 0 Å². The fourth-order valence-electron chi connectivity index (χ4n) is 4.47. The smallest absolute Gasteiger partial charge is 0.318 e. The van der Waals surface area contributed by atoms with Crippen molar-refractivity contribution < 1.29 is 22.7 Å². The second kappa shape index (κ2) is 10.8. The molecule has 32 heavy (non-hydrogen) atoms. The molecule has 1 aliphatic heterocycles. The predicted octanol–water partition coefficient (Wildman–Crippen LogP) is 7.58. The highest BCUT2D eigenvalue weighted by Gasteiger charge is 2.58. The maximum Gasteiger partial charge on any atom is 0.351 e. The molecule has 2 fully saturated rings. The van der Waals surface area contributed by atoms with Crippen LogP contribution in [0.1, 0.15) is 77.9 Å². The highest BCUT2D eigenvalue weighted by molar-refractivity contribution is 8.09. The Hall–Kier alpha value is 0.190. The van der Waals surface area contributed by atoms with Crippen LogP contribution >= 0.6 is 25.8 Å². The zero-order valence-corrected chi connectivity index (χ0v) is 22.8. The van der Waals surface area contributed by atoms with Crippen molar-refractivity contribution in [1.82, 2.24) is 5.09 Å². The van der Waals surface area contributed by atoms with E-state index in [-0.39, 0.29) is 5.41 Å². The first-order valence-electron chi connectivity index (χ1n) is 11.5. The first-order valence-corrected chi connectivity index (χ1v) is 16.0. The van der Waals surface area contributed by atoms with Gasteiger partial charge in [0.15, 0.2) is 0 Å². The Kier molecular flexibility index (Phi) is 9.08. The maximum absolute atomic E-state index is 14.6. The average molecular weight is 524 g/mol. The van der Waals surface area contributed by atoms with Gasteiger partial charge in [0.05, 0.1) is 25.9 Å². The van der Waals surface area contributed by atoms with Gasteiger partial charge in [-0.05, 0) is 56.2 Å². The fraction of sp³-hybridized carbons (Fsp3) is 0.727. The zero-order chi connectivity index (χ0) is 23.5. The summed E-state index contributed by atoms with van der Waals surface area (Å²) in [7, 11) is -3.65. The van der Waals surface area contributed by atoms with E-state index >= 15 is 0 Å². The van der Waals surface area contributed by atoms with E-state index in [9.17, 15) is 4.57 Å². The Morgan fingerprint density at radius 1 is 1.12 bits per heavy atom. The van der Waals surface area contributed by atoms with Gasteiger partial charge < -0.3 is 13.6 Å². The summed E-state index contributed by atoms with van der Waals surface area (Å²) in [6.07, 6.45) is 4.83. The minimum atomic E-state index is -3.65. The van der Waals surface area contributed by atoms with Crippen LogP contribution in [0.15, 0.2) is 24.3 Å². The molecule has 1 saturated carbocycles. The van der Waals surface area contributed by atoms with E-state index in [2.05, 4.69) is 18.9 Å². The summed E-state index contributed by atoms with van der Waals surface area (Å²) in [5.41, 5.74) is 0.564. The molecule has 0 spiro atoms. The Balaban J connectivity index is 2.02. The van der Waals surface area contributed by atoms with Gasteiger partial charge in [0, 0.05) is 10.4 Å². The van der Waals surface area contributed by atoms with Crippen molar-refractivity contribution in [3.8, 4) is 0 Å². The van der Waals surface area contributed by atoms with Gasteiger partial charge >= 0.3 is 7.60 Å². The standard InChI is InChI=1S/C22H36ClNO5P2S/c1-5-26-31(32,27-6-2)24-22(15-9-7-8-10-16-22)30(25)28-17-21(3,4)20(29-30)18-11-13-19(23)14-12-18/h11-14,20H,5-10,15-17H2,1-4H3,(H,24,32)/t20-,30?/m0/s1. The summed E-state index contributed by atoms with van der Waals surface area (Å²) in [6.45, 7) is 6.15. The number of hydrogen-bond donors (Lipinski definition) is 1. The Morgan fingerprint density at radius 3 is 2.22 bits per heavy atom. The van der Waals surface area contributed by atoms with Crippen molar-refractivity contribution in [1.29, 1.82) is 0 Å². The molecule has 2 aliphatic rings. The van der Waals surface area contributed by atoms with Crippen molar-refractivity contribution in [2.24, 2.45) is 5.41 Å². The first kappa shape index (κ1) is 26.8. The molecule has 0 radical (unpaired) electrons. The van der Waals surface area contributed by atoms with Crippen LogP contribution in [0.5, 0.6) is 0 Å². The molecule has 0 bridgehead atoms. The number of hydrogen-bond acceptors (Lipinski definition) is 6. The lowest BCUT2D eigenvalue weighted by molar-refractivity contribution is -0.0356. The number of nitrogens with one attached hydrogen (secondary N) is 1. The van der Waals surface area contributed by atoms with E-state index in [1.165, 1.54) is 0 Å². The highest BCUT2D eigenvalue weighted by Crippen LogP contribution is 2.72. The van der Waals surface area contributed by atoms with E-state index in [1.807, 2.05) is 38.1 Å². The predicted molar refractivity (Wildman–Crippen MR) is 134 cm³/mol. The van der Waals surface area contributed by atoms with Crippen molar-refractivity contribution in [2.45, 2.75) is 77.6 Å². The van der Waals surface area contributed by atoms with Crippen LogP contribution in [0.25, 0.3) is 0 Å². The minimum Gasteiger partial charge on any atom is -0.318 e. The highest BCUT2D eigenvalue weighted by atomic mass is 35.5. The average Bonchev–Trinajstić information content (AvgIpc) is 2.98. The third-order valence-corrected chi connectivity index (χ3v) is 11.9. The van der Waals surface area contributed by atoms with Crippen LogP contribution in [0.2, 0.25) is 5.02 Å². The quantitative estimate of drug-likeness (QED) is 0.278. The SMILES string of the molecule is CCOP(=S)(NC1(P2(=O)OCC(C)(C)[C@H](c3ccc(Cl)cc3)O2)CCCCCC1)OCC. The Morgan fingerprint density at radius 2 is 1.69 bits per heavy atom. The molecule has 0 amide bonds. The summed E-state index contributed by atoms with van der Waals surface area (Å²) in [5.74, 6) is 0.